The number of hydrogen-bond acceptors (Lipinski definition) is 4. The molecule has 0 fully saturated rings. The number of allylic oxidation sites excluding steroid dienone is 2. The summed E-state index contributed by atoms with van der Waals surface area (Å²) in [4.78, 5) is 8.00. The number of carbonyl (C=O) groups is 1. The lowest BCUT2D eigenvalue weighted by molar-refractivity contribution is -0.0979. The van der Waals surface area contributed by atoms with Gasteiger partial charge in [-0.3, -0.25) is 0 Å². The van der Waals surface area contributed by atoms with Crippen molar-refractivity contribution in [3.63, 3.8) is 0 Å². The Morgan fingerprint density at radius 3 is 1.50 bits per heavy atom. The second kappa shape index (κ2) is 105. The predicted octanol–water partition coefficient (Wildman–Crippen LogP) is 6.03. The molecule has 0 aromatic heterocycles. The van der Waals surface area contributed by atoms with E-state index < -0.39 is 0 Å². The summed E-state index contributed by atoms with van der Waals surface area (Å²) in [7, 11) is 4.06. The van der Waals surface area contributed by atoms with E-state index in [1.807, 2.05) is 47.5 Å². The first-order chi connectivity index (χ1) is 12.3. The van der Waals surface area contributed by atoms with Gasteiger partial charge in [0.05, 0.1) is 0 Å². The summed E-state index contributed by atoms with van der Waals surface area (Å²) < 4.78 is 0. The smallest absolute Gasteiger partial charge is 0.106 e. The third-order valence-electron chi connectivity index (χ3n) is 2.26. The average Bonchev–Trinajstić information content (AvgIpc) is 2.72. The number of nitrogens with one attached hydrogen (secondary N) is 1. The third kappa shape index (κ3) is 111. The second-order valence-electron chi connectivity index (χ2n) is 3.76. The highest BCUT2D eigenvalue weighted by molar-refractivity contribution is 5.10. The van der Waals surface area contributed by atoms with Gasteiger partial charge < -0.3 is 20.3 Å². The molecule has 0 aromatic carbocycles. The van der Waals surface area contributed by atoms with Gasteiger partial charge in [0.25, 0.3) is 0 Å². The molecule has 0 radical (unpaired) electrons. The lowest BCUT2D eigenvalue weighted by Gasteiger charge is -2.14. The van der Waals surface area contributed by atoms with E-state index >= 15 is 0 Å². The zero-order valence-electron chi connectivity index (χ0n) is 18.9. The normalized spacial score (nSPS) is 7.50. The average molecular weight is 382 g/mol. The van der Waals surface area contributed by atoms with Gasteiger partial charge in [-0.2, -0.15) is 0 Å². The number of aliphatic hydroxyl groups is 2. The minimum atomic E-state index is 0. The number of rotatable bonds is 8. The first-order valence-electron chi connectivity index (χ1n) is 9.30. The van der Waals surface area contributed by atoms with Crippen molar-refractivity contribution in [1.29, 1.82) is 0 Å². The second-order valence-corrected chi connectivity index (χ2v) is 3.76. The molecule has 26 heavy (non-hydrogen) atoms. The van der Waals surface area contributed by atoms with Gasteiger partial charge in [0.15, 0.2) is 0 Å². The Labute approximate surface area is 167 Å². The molecule has 4 nitrogen and oxygen atoms in total. The van der Waals surface area contributed by atoms with Crippen molar-refractivity contribution in [3.8, 4) is 0 Å². The predicted molar refractivity (Wildman–Crippen MR) is 125 cm³/mol. The van der Waals surface area contributed by atoms with Crippen LogP contribution in [0.3, 0.4) is 0 Å². The summed E-state index contributed by atoms with van der Waals surface area (Å²) in [6.07, 6.45) is 11.5. The molecule has 1 unspecified atom stereocenters. The van der Waals surface area contributed by atoms with Gasteiger partial charge >= 0.3 is 0 Å². The largest absolute Gasteiger partial charge is 0.400 e. The van der Waals surface area contributed by atoms with E-state index in [-0.39, 0.29) is 7.43 Å². The molecule has 0 bridgehead atoms. The van der Waals surface area contributed by atoms with Crippen molar-refractivity contribution in [2.75, 3.05) is 21.3 Å². The van der Waals surface area contributed by atoms with E-state index in [2.05, 4.69) is 32.4 Å². The van der Waals surface area contributed by atoms with Gasteiger partial charge in [-0.15, -0.1) is 13.2 Å². The Bertz CT molecular complexity index is 154. The van der Waals surface area contributed by atoms with E-state index in [1.54, 1.807) is 6.08 Å². The summed E-state index contributed by atoms with van der Waals surface area (Å²) in [6.45, 7) is 21.2. The van der Waals surface area contributed by atoms with E-state index in [0.717, 1.165) is 20.3 Å². The van der Waals surface area contributed by atoms with Gasteiger partial charge in [0.2, 0.25) is 0 Å². The fraction of sp³-hybridized carbons (Fsp3) is 0.773. The third-order valence-corrected chi connectivity index (χ3v) is 2.26. The summed E-state index contributed by atoms with van der Waals surface area (Å²) in [5.41, 5.74) is 0. The van der Waals surface area contributed by atoms with Crippen LogP contribution in [-0.2, 0) is 4.79 Å². The first kappa shape index (κ1) is 49.8. The molecule has 1 atom stereocenters. The minimum absolute atomic E-state index is 0. The monoisotopic (exact) mass is 381 g/mol. The molecule has 0 spiro atoms. The van der Waals surface area contributed by atoms with Crippen molar-refractivity contribution >= 4 is 6.79 Å². The Balaban J connectivity index is -0.0000000324. The van der Waals surface area contributed by atoms with Gasteiger partial charge in [-0.25, -0.2) is 0 Å². The number of unbranched alkanes of at least 4 members (excludes halogenated alkanes) is 2. The Hall–Kier alpha value is -0.970. The fourth-order valence-corrected chi connectivity index (χ4v) is 1.46. The van der Waals surface area contributed by atoms with Crippen LogP contribution in [0.2, 0.25) is 0 Å². The van der Waals surface area contributed by atoms with E-state index in [9.17, 15) is 0 Å². The van der Waals surface area contributed by atoms with Crippen LogP contribution in [0.25, 0.3) is 0 Å². The number of hydrogen-bond donors (Lipinski definition) is 3. The highest BCUT2D eigenvalue weighted by Crippen LogP contribution is 2.07. The molecule has 0 aliphatic rings. The number of carbonyl (C=O) groups excluding carboxylic acids is 1. The first-order valence-corrected chi connectivity index (χ1v) is 9.30. The highest BCUT2D eigenvalue weighted by Gasteiger charge is 2.02. The molecule has 3 N–H and O–H groups in total. The molecule has 0 rings (SSSR count). The molecule has 0 saturated heterocycles. The summed E-state index contributed by atoms with van der Waals surface area (Å²) in [5.74, 6) is 0. The SMILES string of the molecule is C.C=CC.C=CCCCCC(CCC)NC.C=O.CC.CC.CO.CO. The molecule has 0 saturated carbocycles. The molecule has 4 heteroatoms. The number of aliphatic hydroxyl groups excluding tert-OH is 2. The van der Waals surface area contributed by atoms with Crippen LogP contribution >= 0.6 is 0 Å². The van der Waals surface area contributed by atoms with Gasteiger partial charge in [0.1, 0.15) is 6.79 Å². The van der Waals surface area contributed by atoms with E-state index in [0.29, 0.717) is 0 Å². The molecule has 0 aliphatic heterocycles. The van der Waals surface area contributed by atoms with Gasteiger partial charge in [-0.1, -0.05) is 67.0 Å². The maximum atomic E-state index is 8.00. The molecular formula is C22H55NO3. The summed E-state index contributed by atoms with van der Waals surface area (Å²) in [5, 5.41) is 17.4. The molecule has 0 amide bonds. The van der Waals surface area contributed by atoms with Crippen LogP contribution in [0, 0.1) is 0 Å². The molecule has 0 aliphatic carbocycles. The zero-order chi connectivity index (χ0) is 21.9. The Kier molecular flexibility index (Phi) is 201. The van der Waals surface area contributed by atoms with Gasteiger partial charge in [0, 0.05) is 20.3 Å². The lowest BCUT2D eigenvalue weighted by atomic mass is 10.0. The van der Waals surface area contributed by atoms with Crippen LogP contribution in [0.5, 0.6) is 0 Å². The van der Waals surface area contributed by atoms with Crippen LogP contribution < -0.4 is 5.32 Å². The molecular weight excluding hydrogens is 326 g/mol. The van der Waals surface area contributed by atoms with Crippen molar-refractivity contribution in [2.24, 2.45) is 0 Å². The van der Waals surface area contributed by atoms with Crippen LogP contribution in [-0.4, -0.2) is 44.3 Å². The maximum Gasteiger partial charge on any atom is 0.106 e. The minimum Gasteiger partial charge on any atom is -0.400 e. The van der Waals surface area contributed by atoms with Crippen molar-refractivity contribution in [3.05, 3.63) is 25.3 Å². The molecule has 0 aromatic rings. The Morgan fingerprint density at radius 1 is 0.923 bits per heavy atom. The van der Waals surface area contributed by atoms with Crippen LogP contribution in [0.4, 0.5) is 0 Å². The maximum absolute atomic E-state index is 8.00. The standard InChI is InChI=1S/C11H23N.C3H6.2C2H6.2CH4O.CH2O.CH4/c1-4-6-7-8-10-11(12-3)9-5-2;1-3-2;5*1-2;/h4,11-12H,1,5-10H2,2-3H3;3H,1H2,2H3;2*1-2H3;2*2H,1H3;1H2;1H4. The van der Waals surface area contributed by atoms with Crippen molar-refractivity contribution in [2.45, 2.75) is 93.5 Å². The lowest BCUT2D eigenvalue weighted by Crippen LogP contribution is -2.24. The molecule has 0 heterocycles. The summed E-state index contributed by atoms with van der Waals surface area (Å²) >= 11 is 0. The fourth-order valence-electron chi connectivity index (χ4n) is 1.46. The van der Waals surface area contributed by atoms with Crippen molar-refractivity contribution in [1.82, 2.24) is 5.32 Å². The Morgan fingerprint density at radius 2 is 1.27 bits per heavy atom. The highest BCUT2D eigenvalue weighted by atomic mass is 16.2. The van der Waals surface area contributed by atoms with Crippen LogP contribution in [0.1, 0.15) is 87.5 Å². The quantitative estimate of drug-likeness (QED) is 0.354. The zero-order valence-corrected chi connectivity index (χ0v) is 18.9. The van der Waals surface area contributed by atoms with E-state index in [4.69, 9.17) is 15.0 Å². The van der Waals surface area contributed by atoms with Gasteiger partial charge in [-0.05, 0) is 39.7 Å². The van der Waals surface area contributed by atoms with E-state index in [1.165, 1.54) is 38.5 Å². The molecule has 166 valence electrons. The topological polar surface area (TPSA) is 69.6 Å². The van der Waals surface area contributed by atoms with Crippen LogP contribution in [0.15, 0.2) is 25.3 Å². The summed E-state index contributed by atoms with van der Waals surface area (Å²) in [6, 6.07) is 0.736. The van der Waals surface area contributed by atoms with Crippen molar-refractivity contribution < 1.29 is 15.0 Å².